The maximum atomic E-state index is 12.8. The van der Waals surface area contributed by atoms with Crippen LogP contribution < -0.4 is 14.8 Å². The summed E-state index contributed by atoms with van der Waals surface area (Å²) in [5.41, 5.74) is 1.64. The van der Waals surface area contributed by atoms with Crippen LogP contribution in [0.3, 0.4) is 0 Å². The van der Waals surface area contributed by atoms with Crippen LogP contribution in [0.1, 0.15) is 36.8 Å². The summed E-state index contributed by atoms with van der Waals surface area (Å²) >= 11 is 0. The van der Waals surface area contributed by atoms with Crippen LogP contribution in [0.5, 0.6) is 11.5 Å². The van der Waals surface area contributed by atoms with Crippen molar-refractivity contribution in [3.05, 3.63) is 23.3 Å². The zero-order valence-corrected chi connectivity index (χ0v) is 16.9. The second kappa shape index (κ2) is 9.30. The first kappa shape index (κ1) is 21.0. The Labute approximate surface area is 174 Å². The van der Waals surface area contributed by atoms with Crippen molar-refractivity contribution in [2.24, 2.45) is 0 Å². The molecule has 3 aliphatic rings. The Morgan fingerprint density at radius 2 is 1.87 bits per heavy atom. The molecule has 1 aromatic carbocycles. The molecule has 0 aliphatic carbocycles. The van der Waals surface area contributed by atoms with Gasteiger partial charge < -0.3 is 34.1 Å². The van der Waals surface area contributed by atoms with Gasteiger partial charge in [-0.1, -0.05) is 0 Å². The highest BCUT2D eigenvalue weighted by molar-refractivity contribution is 5.84. The first-order valence-corrected chi connectivity index (χ1v) is 10.2. The first-order valence-electron chi connectivity index (χ1n) is 10.2. The summed E-state index contributed by atoms with van der Waals surface area (Å²) in [6, 6.07) is 3.62. The monoisotopic (exact) mass is 421 g/mol. The minimum absolute atomic E-state index is 0.0346. The van der Waals surface area contributed by atoms with Crippen molar-refractivity contribution >= 4 is 11.7 Å². The maximum absolute atomic E-state index is 12.8. The van der Waals surface area contributed by atoms with Crippen molar-refractivity contribution in [3.63, 3.8) is 0 Å². The maximum Gasteiger partial charge on any atom is 0.231 e. The van der Waals surface area contributed by atoms with Gasteiger partial charge >= 0.3 is 0 Å². The number of hydrogen-bond acceptors (Lipinski definition) is 8. The van der Waals surface area contributed by atoms with Crippen molar-refractivity contribution in [2.45, 2.75) is 63.3 Å². The lowest BCUT2D eigenvalue weighted by molar-refractivity contribution is -0.241. The molecule has 1 fully saturated rings. The van der Waals surface area contributed by atoms with Gasteiger partial charge in [0.05, 0.1) is 31.3 Å². The normalized spacial score (nSPS) is 29.3. The van der Waals surface area contributed by atoms with Gasteiger partial charge in [0.15, 0.2) is 17.8 Å². The van der Waals surface area contributed by atoms with Crippen LogP contribution in [0.4, 0.5) is 0 Å². The van der Waals surface area contributed by atoms with Crippen LogP contribution >= 0.6 is 0 Å². The molecule has 1 aromatic rings. The number of Topliss-reactive ketones (excluding diaryl/α,β-unsaturated/α-hetero) is 1. The van der Waals surface area contributed by atoms with Gasteiger partial charge in [0.1, 0.15) is 5.78 Å². The van der Waals surface area contributed by atoms with E-state index in [9.17, 15) is 14.7 Å². The van der Waals surface area contributed by atoms with Gasteiger partial charge in [-0.2, -0.15) is 0 Å². The van der Waals surface area contributed by atoms with Gasteiger partial charge in [-0.3, -0.25) is 9.59 Å². The summed E-state index contributed by atoms with van der Waals surface area (Å²) < 4.78 is 28.0. The number of hydrogen-bond donors (Lipinski definition) is 2. The first-order chi connectivity index (χ1) is 14.5. The Kier molecular flexibility index (Phi) is 6.52. The zero-order chi connectivity index (χ0) is 21.1. The van der Waals surface area contributed by atoms with Crippen LogP contribution in [0.15, 0.2) is 12.1 Å². The third kappa shape index (κ3) is 4.92. The summed E-state index contributed by atoms with van der Waals surface area (Å²) in [4.78, 5) is 25.3. The van der Waals surface area contributed by atoms with E-state index in [2.05, 4.69) is 5.32 Å². The largest absolute Gasteiger partial charge is 0.454 e. The van der Waals surface area contributed by atoms with E-state index in [1.54, 1.807) is 13.2 Å². The molecule has 0 aromatic heterocycles. The molecule has 9 heteroatoms. The van der Waals surface area contributed by atoms with Crippen LogP contribution in [0, 0.1) is 0 Å². The SMILES string of the molecule is COC1C[C@@H](CO)O[C@@H](O[C@@H]2CC(=O)Cc3cc4c(cc3CNC(=O)C2)OCO4)C1. The van der Waals surface area contributed by atoms with Crippen molar-refractivity contribution < 1.29 is 38.4 Å². The Bertz CT molecular complexity index is 785. The molecule has 0 spiro atoms. The molecule has 4 atom stereocenters. The van der Waals surface area contributed by atoms with Crippen molar-refractivity contribution in [1.29, 1.82) is 0 Å². The Morgan fingerprint density at radius 3 is 2.60 bits per heavy atom. The van der Waals surface area contributed by atoms with Crippen LogP contribution in [-0.4, -0.2) is 61.9 Å². The average Bonchev–Trinajstić information content (AvgIpc) is 3.18. The van der Waals surface area contributed by atoms with Gasteiger partial charge in [0, 0.05) is 39.3 Å². The number of carbonyl (C=O) groups excluding carboxylic acids is 2. The summed E-state index contributed by atoms with van der Waals surface area (Å²) in [7, 11) is 1.60. The lowest BCUT2D eigenvalue weighted by atomic mass is 9.96. The predicted octanol–water partition coefficient (Wildman–Crippen LogP) is 0.834. The minimum atomic E-state index is -0.643. The van der Waals surface area contributed by atoms with Gasteiger partial charge in [-0.15, -0.1) is 0 Å². The molecule has 3 heterocycles. The fourth-order valence-electron chi connectivity index (χ4n) is 4.08. The molecule has 1 saturated heterocycles. The van der Waals surface area contributed by atoms with E-state index in [-0.39, 0.29) is 50.5 Å². The van der Waals surface area contributed by atoms with Crippen molar-refractivity contribution in [1.82, 2.24) is 5.32 Å². The predicted molar refractivity (Wildman–Crippen MR) is 103 cm³/mol. The number of aliphatic hydroxyl groups excluding tert-OH is 1. The summed E-state index contributed by atoms with van der Waals surface area (Å²) in [5.74, 6) is 0.979. The summed E-state index contributed by atoms with van der Waals surface area (Å²) in [6.07, 6.45) is -0.364. The number of nitrogens with one attached hydrogen (secondary N) is 1. The smallest absolute Gasteiger partial charge is 0.231 e. The number of amides is 1. The second-order valence-corrected chi connectivity index (χ2v) is 7.83. The fourth-order valence-corrected chi connectivity index (χ4v) is 4.08. The molecule has 0 radical (unpaired) electrons. The fraction of sp³-hybridized carbons (Fsp3) is 0.619. The zero-order valence-electron chi connectivity index (χ0n) is 16.9. The van der Waals surface area contributed by atoms with Crippen LogP contribution in [-0.2, 0) is 36.8 Å². The molecule has 1 unspecified atom stereocenters. The van der Waals surface area contributed by atoms with Gasteiger partial charge in [-0.25, -0.2) is 0 Å². The molecule has 0 bridgehead atoms. The number of ketones is 1. The quantitative estimate of drug-likeness (QED) is 0.735. The Balaban J connectivity index is 1.47. The van der Waals surface area contributed by atoms with E-state index in [1.165, 1.54) is 0 Å². The van der Waals surface area contributed by atoms with Crippen molar-refractivity contribution in [2.75, 3.05) is 20.5 Å². The van der Waals surface area contributed by atoms with Gasteiger partial charge in [-0.05, 0) is 23.3 Å². The number of aliphatic hydroxyl groups is 1. The number of fused-ring (bicyclic) bond motifs is 2. The number of rotatable bonds is 4. The molecule has 0 saturated carbocycles. The lowest BCUT2D eigenvalue weighted by Gasteiger charge is -2.35. The van der Waals surface area contributed by atoms with Gasteiger partial charge in [0.2, 0.25) is 12.7 Å². The number of benzene rings is 1. The van der Waals surface area contributed by atoms with E-state index in [1.807, 2.05) is 6.07 Å². The molecule has 30 heavy (non-hydrogen) atoms. The molecule has 3 aliphatic heterocycles. The standard InChI is InChI=1S/C21H27NO8/c1-26-15-6-17(10-23)30-21(8-15)29-16-5-14(24)2-12-3-18-19(28-11-27-18)4-13(12)9-22-20(25)7-16/h3-4,15-17,21,23H,2,5-11H2,1H3,(H,22,25)/t15?,16-,17+,21-/m1/s1. The topological polar surface area (TPSA) is 113 Å². The minimum Gasteiger partial charge on any atom is -0.454 e. The Morgan fingerprint density at radius 1 is 1.10 bits per heavy atom. The molecule has 1 amide bonds. The second-order valence-electron chi connectivity index (χ2n) is 7.83. The highest BCUT2D eigenvalue weighted by atomic mass is 16.7. The molecule has 2 N–H and O–H groups in total. The number of methoxy groups -OCH3 is 1. The summed E-state index contributed by atoms with van der Waals surface area (Å²) in [5, 5.41) is 12.3. The number of ether oxygens (including phenoxy) is 5. The third-order valence-corrected chi connectivity index (χ3v) is 5.63. The highest BCUT2D eigenvalue weighted by Crippen LogP contribution is 2.35. The summed E-state index contributed by atoms with van der Waals surface area (Å²) in [6.45, 7) is 0.299. The van der Waals surface area contributed by atoms with E-state index in [0.29, 0.717) is 30.9 Å². The molecule has 4 rings (SSSR count). The highest BCUT2D eigenvalue weighted by Gasteiger charge is 2.33. The molecular weight excluding hydrogens is 394 g/mol. The van der Waals surface area contributed by atoms with Crippen LogP contribution in [0.25, 0.3) is 0 Å². The third-order valence-electron chi connectivity index (χ3n) is 5.63. The lowest BCUT2D eigenvalue weighted by Crippen LogP contribution is -2.42. The molecular formula is C21H27NO8. The van der Waals surface area contributed by atoms with Gasteiger partial charge in [0.25, 0.3) is 0 Å². The van der Waals surface area contributed by atoms with E-state index in [4.69, 9.17) is 23.7 Å². The molecule has 9 nitrogen and oxygen atoms in total. The molecule has 164 valence electrons. The number of carbonyl (C=O) groups is 2. The van der Waals surface area contributed by atoms with Crippen LogP contribution in [0.2, 0.25) is 0 Å². The Hall–Kier alpha value is -2.20. The van der Waals surface area contributed by atoms with Crippen molar-refractivity contribution in [3.8, 4) is 11.5 Å². The van der Waals surface area contributed by atoms with E-state index >= 15 is 0 Å². The van der Waals surface area contributed by atoms with E-state index in [0.717, 1.165) is 11.1 Å². The van der Waals surface area contributed by atoms with E-state index < -0.39 is 18.5 Å². The average molecular weight is 421 g/mol.